The molecule has 0 aromatic carbocycles. The van der Waals surface area contributed by atoms with Crippen LogP contribution < -0.4 is 5.73 Å². The number of sulfonamides is 1. The largest absolute Gasteiger partial charge is 0.409 e. The SMILES string of the molecule is CCCN(CC(N)=NO)S(=O)(=O)CCOCC. The maximum absolute atomic E-state index is 11.9. The molecule has 0 aliphatic heterocycles. The van der Waals surface area contributed by atoms with Gasteiger partial charge >= 0.3 is 0 Å². The molecule has 102 valence electrons. The number of nitrogens with two attached hydrogens (primary N) is 1. The first-order valence-electron chi connectivity index (χ1n) is 5.49. The Bertz CT molecular complexity index is 329. The van der Waals surface area contributed by atoms with E-state index in [1.807, 2.05) is 6.92 Å². The van der Waals surface area contributed by atoms with E-state index in [-0.39, 0.29) is 24.7 Å². The van der Waals surface area contributed by atoms with Crippen molar-refractivity contribution in [2.24, 2.45) is 10.9 Å². The third kappa shape index (κ3) is 6.44. The van der Waals surface area contributed by atoms with E-state index in [0.717, 1.165) is 0 Å². The smallest absolute Gasteiger partial charge is 0.216 e. The zero-order valence-corrected chi connectivity index (χ0v) is 11.1. The predicted octanol–water partition coefficient (Wildman–Crippen LogP) is -0.189. The molecule has 0 rings (SSSR count). The maximum Gasteiger partial charge on any atom is 0.216 e. The predicted molar refractivity (Wildman–Crippen MR) is 65.6 cm³/mol. The summed E-state index contributed by atoms with van der Waals surface area (Å²) in [6.45, 7) is 4.52. The Balaban J connectivity index is 4.55. The van der Waals surface area contributed by atoms with E-state index in [4.69, 9.17) is 15.7 Å². The Morgan fingerprint density at radius 2 is 2.12 bits per heavy atom. The van der Waals surface area contributed by atoms with Gasteiger partial charge in [-0.3, -0.25) is 0 Å². The first kappa shape index (κ1) is 16.1. The summed E-state index contributed by atoms with van der Waals surface area (Å²) in [5.74, 6) is -0.224. The van der Waals surface area contributed by atoms with Gasteiger partial charge in [0.15, 0.2) is 5.84 Å². The minimum atomic E-state index is -3.43. The van der Waals surface area contributed by atoms with E-state index in [2.05, 4.69) is 5.16 Å². The average Bonchev–Trinajstić information content (AvgIpc) is 2.28. The fourth-order valence-electron chi connectivity index (χ4n) is 1.22. The van der Waals surface area contributed by atoms with E-state index in [1.165, 1.54) is 4.31 Å². The summed E-state index contributed by atoms with van der Waals surface area (Å²) in [7, 11) is -3.43. The Labute approximate surface area is 102 Å². The van der Waals surface area contributed by atoms with Crippen molar-refractivity contribution in [2.75, 3.05) is 32.1 Å². The molecule has 0 fully saturated rings. The van der Waals surface area contributed by atoms with E-state index in [0.29, 0.717) is 19.6 Å². The molecule has 0 saturated heterocycles. The molecule has 3 N–H and O–H groups in total. The van der Waals surface area contributed by atoms with Crippen LogP contribution in [-0.2, 0) is 14.8 Å². The average molecular weight is 267 g/mol. The Kier molecular flexibility index (Phi) is 7.85. The number of amidine groups is 1. The van der Waals surface area contributed by atoms with Crippen LogP contribution in [0.3, 0.4) is 0 Å². The molecule has 8 heteroatoms. The lowest BCUT2D eigenvalue weighted by molar-refractivity contribution is 0.162. The number of nitrogens with zero attached hydrogens (tertiary/aromatic N) is 2. The zero-order valence-electron chi connectivity index (χ0n) is 10.3. The minimum Gasteiger partial charge on any atom is -0.409 e. The van der Waals surface area contributed by atoms with Gasteiger partial charge in [-0.2, -0.15) is 4.31 Å². The third-order valence-corrected chi connectivity index (χ3v) is 3.80. The van der Waals surface area contributed by atoms with Crippen molar-refractivity contribution in [1.29, 1.82) is 0 Å². The second kappa shape index (κ2) is 8.26. The summed E-state index contributed by atoms with van der Waals surface area (Å²) < 4.78 is 30.0. The molecule has 0 radical (unpaired) electrons. The minimum absolute atomic E-state index is 0.0977. The molecule has 0 atom stereocenters. The van der Waals surface area contributed by atoms with Crippen molar-refractivity contribution in [3.8, 4) is 0 Å². The van der Waals surface area contributed by atoms with Crippen molar-refractivity contribution in [3.63, 3.8) is 0 Å². The summed E-state index contributed by atoms with van der Waals surface area (Å²) in [5, 5.41) is 11.2. The van der Waals surface area contributed by atoms with Crippen LogP contribution in [0.15, 0.2) is 5.16 Å². The second-order valence-corrected chi connectivity index (χ2v) is 5.53. The normalized spacial score (nSPS) is 13.2. The number of oxime groups is 1. The quantitative estimate of drug-likeness (QED) is 0.198. The molecule has 17 heavy (non-hydrogen) atoms. The van der Waals surface area contributed by atoms with E-state index in [1.54, 1.807) is 6.92 Å². The summed E-state index contributed by atoms with van der Waals surface area (Å²) in [6, 6.07) is 0. The summed E-state index contributed by atoms with van der Waals surface area (Å²) >= 11 is 0. The van der Waals surface area contributed by atoms with Gasteiger partial charge in [0.2, 0.25) is 10.0 Å². The molecule has 0 bridgehead atoms. The summed E-state index contributed by atoms with van der Waals surface area (Å²) in [5.41, 5.74) is 5.32. The molecular weight excluding hydrogens is 246 g/mol. The van der Waals surface area contributed by atoms with Gasteiger partial charge in [-0.1, -0.05) is 12.1 Å². The lowest BCUT2D eigenvalue weighted by Gasteiger charge is -2.20. The van der Waals surface area contributed by atoms with Crippen LogP contribution in [0.2, 0.25) is 0 Å². The highest BCUT2D eigenvalue weighted by Crippen LogP contribution is 2.03. The van der Waals surface area contributed by atoms with Gasteiger partial charge in [0, 0.05) is 13.2 Å². The van der Waals surface area contributed by atoms with Crippen molar-refractivity contribution in [3.05, 3.63) is 0 Å². The number of hydrogen-bond acceptors (Lipinski definition) is 5. The summed E-state index contributed by atoms with van der Waals surface area (Å²) in [4.78, 5) is 0. The molecule has 0 aromatic rings. The summed E-state index contributed by atoms with van der Waals surface area (Å²) in [6.07, 6.45) is 0.659. The Hall–Kier alpha value is -0.860. The van der Waals surface area contributed by atoms with Crippen LogP contribution in [0.5, 0.6) is 0 Å². The van der Waals surface area contributed by atoms with E-state index in [9.17, 15) is 8.42 Å². The van der Waals surface area contributed by atoms with Gasteiger partial charge in [0.1, 0.15) is 0 Å². The zero-order chi connectivity index (χ0) is 13.3. The van der Waals surface area contributed by atoms with Crippen LogP contribution >= 0.6 is 0 Å². The lowest BCUT2D eigenvalue weighted by atomic mass is 10.4. The van der Waals surface area contributed by atoms with Crippen molar-refractivity contribution in [2.45, 2.75) is 20.3 Å². The molecule has 0 aliphatic rings. The Morgan fingerprint density at radius 1 is 1.47 bits per heavy atom. The first-order chi connectivity index (χ1) is 7.97. The fraction of sp³-hybridized carbons (Fsp3) is 0.889. The number of hydrogen-bond donors (Lipinski definition) is 2. The molecule has 0 amide bonds. The molecule has 7 nitrogen and oxygen atoms in total. The lowest BCUT2D eigenvalue weighted by Crippen LogP contribution is -2.41. The highest BCUT2D eigenvalue weighted by atomic mass is 32.2. The van der Waals surface area contributed by atoms with Crippen LogP contribution in [-0.4, -0.2) is 55.8 Å². The molecule has 0 spiro atoms. The van der Waals surface area contributed by atoms with Crippen LogP contribution in [0.25, 0.3) is 0 Å². The number of ether oxygens (including phenoxy) is 1. The van der Waals surface area contributed by atoms with Gasteiger partial charge in [-0.15, -0.1) is 0 Å². The van der Waals surface area contributed by atoms with Gasteiger partial charge in [0.05, 0.1) is 18.9 Å². The van der Waals surface area contributed by atoms with E-state index < -0.39 is 10.0 Å². The van der Waals surface area contributed by atoms with E-state index >= 15 is 0 Å². The fourth-order valence-corrected chi connectivity index (χ4v) is 2.59. The standard InChI is InChI=1S/C9H21N3O4S/c1-3-5-12(8-9(10)11-13)17(14,15)7-6-16-4-2/h13H,3-8H2,1-2H3,(H2,10,11). The van der Waals surface area contributed by atoms with Gasteiger partial charge < -0.3 is 15.7 Å². The van der Waals surface area contributed by atoms with Crippen LogP contribution in [0.4, 0.5) is 0 Å². The molecule has 0 aromatic heterocycles. The van der Waals surface area contributed by atoms with Crippen molar-refractivity contribution in [1.82, 2.24) is 4.31 Å². The van der Waals surface area contributed by atoms with Crippen LogP contribution in [0.1, 0.15) is 20.3 Å². The van der Waals surface area contributed by atoms with Crippen molar-refractivity contribution < 1.29 is 18.4 Å². The highest BCUT2D eigenvalue weighted by molar-refractivity contribution is 7.89. The van der Waals surface area contributed by atoms with Crippen molar-refractivity contribution >= 4 is 15.9 Å². The second-order valence-electron chi connectivity index (χ2n) is 3.44. The monoisotopic (exact) mass is 267 g/mol. The third-order valence-electron chi connectivity index (χ3n) is 2.02. The first-order valence-corrected chi connectivity index (χ1v) is 7.10. The maximum atomic E-state index is 11.9. The molecule has 0 heterocycles. The molecule has 0 unspecified atom stereocenters. The van der Waals surface area contributed by atoms with Gasteiger partial charge in [-0.05, 0) is 13.3 Å². The molecule has 0 saturated carbocycles. The topological polar surface area (TPSA) is 105 Å². The van der Waals surface area contributed by atoms with Crippen LogP contribution in [0, 0.1) is 0 Å². The Morgan fingerprint density at radius 3 is 2.59 bits per heavy atom. The molecular formula is C9H21N3O4S. The van der Waals surface area contributed by atoms with Gasteiger partial charge in [0.25, 0.3) is 0 Å². The molecule has 0 aliphatic carbocycles. The van der Waals surface area contributed by atoms with Gasteiger partial charge in [-0.25, -0.2) is 8.42 Å². The highest BCUT2D eigenvalue weighted by Gasteiger charge is 2.22. The number of rotatable bonds is 9.